The molecule has 78 valence electrons. The normalized spacial score (nSPS) is 10.5. The molecule has 0 bridgehead atoms. The Morgan fingerprint density at radius 3 is 3.13 bits per heavy atom. The molecule has 2 heterocycles. The fraction of sp³-hybridized carbons (Fsp3) is 0.300. The van der Waals surface area contributed by atoms with Crippen LogP contribution in [0.5, 0.6) is 0 Å². The van der Waals surface area contributed by atoms with Crippen molar-refractivity contribution < 1.29 is 9.53 Å². The number of H-pyrrole nitrogens is 1. The molecular weight excluding hydrogens is 194 g/mol. The SMILES string of the molecule is CCOC(=O)Cc1ncnc2c[nH]cc12. The average Bonchev–Trinajstić information content (AvgIpc) is 2.67. The molecule has 0 aromatic carbocycles. The number of nitrogens with one attached hydrogen (secondary N) is 1. The Balaban J connectivity index is 2.27. The number of carbonyl (C=O) groups is 1. The van der Waals surface area contributed by atoms with E-state index < -0.39 is 0 Å². The summed E-state index contributed by atoms with van der Waals surface area (Å²) in [6.07, 6.45) is 5.19. The Morgan fingerprint density at radius 2 is 2.33 bits per heavy atom. The molecule has 0 saturated heterocycles. The summed E-state index contributed by atoms with van der Waals surface area (Å²) in [5.74, 6) is -0.265. The monoisotopic (exact) mass is 205 g/mol. The van der Waals surface area contributed by atoms with Crippen molar-refractivity contribution in [3.8, 4) is 0 Å². The van der Waals surface area contributed by atoms with Crippen LogP contribution >= 0.6 is 0 Å². The Hall–Kier alpha value is -1.91. The maximum atomic E-state index is 11.3. The van der Waals surface area contributed by atoms with Crippen LogP contribution in [0.2, 0.25) is 0 Å². The number of carbonyl (C=O) groups excluding carboxylic acids is 1. The zero-order valence-corrected chi connectivity index (χ0v) is 8.36. The second kappa shape index (κ2) is 4.08. The highest BCUT2D eigenvalue weighted by atomic mass is 16.5. The van der Waals surface area contributed by atoms with Crippen molar-refractivity contribution in [2.45, 2.75) is 13.3 Å². The quantitative estimate of drug-likeness (QED) is 0.761. The van der Waals surface area contributed by atoms with Crippen LogP contribution in [-0.4, -0.2) is 27.5 Å². The summed E-state index contributed by atoms with van der Waals surface area (Å²) >= 11 is 0. The van der Waals surface area contributed by atoms with Crippen molar-refractivity contribution in [1.82, 2.24) is 15.0 Å². The standard InChI is InChI=1S/C10H11N3O2/c1-2-15-10(14)3-8-7-4-11-5-9(7)13-6-12-8/h4-6,11H,2-3H2,1H3. The molecular formula is C10H11N3O2. The van der Waals surface area contributed by atoms with E-state index in [0.717, 1.165) is 10.9 Å². The molecule has 0 radical (unpaired) electrons. The third-order valence-corrected chi connectivity index (χ3v) is 2.06. The van der Waals surface area contributed by atoms with Crippen LogP contribution in [0.1, 0.15) is 12.6 Å². The van der Waals surface area contributed by atoms with Gasteiger partial charge in [0.15, 0.2) is 0 Å². The summed E-state index contributed by atoms with van der Waals surface area (Å²) in [5, 5.41) is 0.866. The predicted octanol–water partition coefficient (Wildman–Crippen LogP) is 1.06. The zero-order valence-electron chi connectivity index (χ0n) is 8.36. The lowest BCUT2D eigenvalue weighted by Crippen LogP contribution is -2.09. The van der Waals surface area contributed by atoms with Crippen LogP contribution in [0, 0.1) is 0 Å². The van der Waals surface area contributed by atoms with Gasteiger partial charge in [0.1, 0.15) is 6.33 Å². The molecule has 0 aliphatic heterocycles. The van der Waals surface area contributed by atoms with Crippen LogP contribution in [0.4, 0.5) is 0 Å². The first-order valence-electron chi connectivity index (χ1n) is 4.73. The summed E-state index contributed by atoms with van der Waals surface area (Å²) in [5.41, 5.74) is 1.50. The van der Waals surface area contributed by atoms with Crippen molar-refractivity contribution in [3.05, 3.63) is 24.4 Å². The van der Waals surface area contributed by atoms with Crippen LogP contribution in [-0.2, 0) is 16.0 Å². The lowest BCUT2D eigenvalue weighted by atomic mass is 10.2. The van der Waals surface area contributed by atoms with Crippen molar-refractivity contribution in [2.75, 3.05) is 6.61 Å². The third-order valence-electron chi connectivity index (χ3n) is 2.06. The van der Waals surface area contributed by atoms with Gasteiger partial charge in [0.05, 0.1) is 24.2 Å². The van der Waals surface area contributed by atoms with E-state index in [1.165, 1.54) is 6.33 Å². The number of fused-ring (bicyclic) bond motifs is 1. The highest BCUT2D eigenvalue weighted by Gasteiger charge is 2.09. The first-order chi connectivity index (χ1) is 7.31. The molecule has 0 spiro atoms. The summed E-state index contributed by atoms with van der Waals surface area (Å²) in [6.45, 7) is 2.17. The topological polar surface area (TPSA) is 67.9 Å². The number of hydrogen-bond acceptors (Lipinski definition) is 4. The van der Waals surface area contributed by atoms with Crippen LogP contribution in [0.25, 0.3) is 10.9 Å². The molecule has 0 aliphatic carbocycles. The fourth-order valence-electron chi connectivity index (χ4n) is 1.41. The van der Waals surface area contributed by atoms with Crippen molar-refractivity contribution >= 4 is 16.9 Å². The number of rotatable bonds is 3. The molecule has 5 nitrogen and oxygen atoms in total. The van der Waals surface area contributed by atoms with Gasteiger partial charge in [0, 0.05) is 17.8 Å². The molecule has 0 fully saturated rings. The van der Waals surface area contributed by atoms with Gasteiger partial charge in [-0.15, -0.1) is 0 Å². The molecule has 0 atom stereocenters. The zero-order chi connectivity index (χ0) is 10.7. The van der Waals surface area contributed by atoms with E-state index in [9.17, 15) is 4.79 Å². The van der Waals surface area contributed by atoms with Gasteiger partial charge < -0.3 is 9.72 Å². The van der Waals surface area contributed by atoms with E-state index in [1.807, 2.05) is 0 Å². The smallest absolute Gasteiger partial charge is 0.311 e. The Bertz CT molecular complexity index is 478. The van der Waals surface area contributed by atoms with Gasteiger partial charge in [-0.25, -0.2) is 9.97 Å². The van der Waals surface area contributed by atoms with Gasteiger partial charge in [-0.05, 0) is 6.92 Å². The molecule has 15 heavy (non-hydrogen) atoms. The Labute approximate surface area is 86.5 Å². The second-order valence-electron chi connectivity index (χ2n) is 3.06. The van der Waals surface area contributed by atoms with Gasteiger partial charge in [-0.3, -0.25) is 4.79 Å². The first kappa shape index (κ1) is 9.64. The minimum atomic E-state index is -0.265. The van der Waals surface area contributed by atoms with E-state index in [1.54, 1.807) is 19.3 Å². The molecule has 0 aliphatic rings. The Kier molecular flexibility index (Phi) is 2.62. The summed E-state index contributed by atoms with van der Waals surface area (Å²) < 4.78 is 4.86. The molecule has 1 N–H and O–H groups in total. The fourth-order valence-corrected chi connectivity index (χ4v) is 1.41. The van der Waals surface area contributed by atoms with Crippen LogP contribution < -0.4 is 0 Å². The van der Waals surface area contributed by atoms with Crippen LogP contribution in [0.3, 0.4) is 0 Å². The maximum absolute atomic E-state index is 11.3. The van der Waals surface area contributed by atoms with Gasteiger partial charge >= 0.3 is 5.97 Å². The third kappa shape index (κ3) is 1.96. The minimum Gasteiger partial charge on any atom is -0.466 e. The molecule has 0 amide bonds. The lowest BCUT2D eigenvalue weighted by Gasteiger charge is -2.01. The van der Waals surface area contributed by atoms with Gasteiger partial charge in [0.2, 0.25) is 0 Å². The number of ether oxygens (including phenoxy) is 1. The number of esters is 1. The van der Waals surface area contributed by atoms with Gasteiger partial charge in [-0.1, -0.05) is 0 Å². The van der Waals surface area contributed by atoms with E-state index in [2.05, 4.69) is 15.0 Å². The first-order valence-corrected chi connectivity index (χ1v) is 4.73. The van der Waals surface area contributed by atoms with E-state index in [0.29, 0.717) is 12.3 Å². The highest BCUT2D eigenvalue weighted by molar-refractivity contribution is 5.84. The summed E-state index contributed by atoms with van der Waals surface area (Å²) in [4.78, 5) is 22.3. The molecule has 2 aromatic heterocycles. The van der Waals surface area contributed by atoms with E-state index in [-0.39, 0.29) is 12.4 Å². The van der Waals surface area contributed by atoms with Crippen molar-refractivity contribution in [3.63, 3.8) is 0 Å². The minimum absolute atomic E-state index is 0.185. The maximum Gasteiger partial charge on any atom is 0.311 e. The second-order valence-corrected chi connectivity index (χ2v) is 3.06. The number of aromatic nitrogens is 3. The van der Waals surface area contributed by atoms with E-state index >= 15 is 0 Å². The van der Waals surface area contributed by atoms with Crippen molar-refractivity contribution in [2.24, 2.45) is 0 Å². The van der Waals surface area contributed by atoms with E-state index in [4.69, 9.17) is 4.74 Å². The van der Waals surface area contributed by atoms with Gasteiger partial charge in [0.25, 0.3) is 0 Å². The largest absolute Gasteiger partial charge is 0.466 e. The molecule has 0 saturated carbocycles. The molecule has 5 heteroatoms. The average molecular weight is 205 g/mol. The lowest BCUT2D eigenvalue weighted by molar-refractivity contribution is -0.142. The predicted molar refractivity (Wildman–Crippen MR) is 54.2 cm³/mol. The summed E-state index contributed by atoms with van der Waals surface area (Å²) in [6, 6.07) is 0. The highest BCUT2D eigenvalue weighted by Crippen LogP contribution is 2.13. The molecule has 2 aromatic rings. The summed E-state index contributed by atoms with van der Waals surface area (Å²) in [7, 11) is 0. The number of aromatic amines is 1. The number of nitrogens with zero attached hydrogens (tertiary/aromatic N) is 2. The van der Waals surface area contributed by atoms with Crippen LogP contribution in [0.15, 0.2) is 18.7 Å². The molecule has 0 unspecified atom stereocenters. The molecule has 2 rings (SSSR count). The number of hydrogen-bond donors (Lipinski definition) is 1. The van der Waals surface area contributed by atoms with Crippen molar-refractivity contribution in [1.29, 1.82) is 0 Å². The Morgan fingerprint density at radius 1 is 1.47 bits per heavy atom. The van der Waals surface area contributed by atoms with Gasteiger partial charge in [-0.2, -0.15) is 0 Å².